The highest BCUT2D eigenvalue weighted by atomic mass is 32.1. The van der Waals surface area contributed by atoms with E-state index in [2.05, 4.69) is 28.6 Å². The van der Waals surface area contributed by atoms with Gasteiger partial charge in [-0.2, -0.15) is 12.6 Å². The second-order valence-corrected chi connectivity index (χ2v) is 7.56. The first-order chi connectivity index (χ1) is 14.9. The van der Waals surface area contributed by atoms with Crippen LogP contribution >= 0.6 is 12.6 Å². The summed E-state index contributed by atoms with van der Waals surface area (Å²) in [5.74, 6) is -5.13. The molecule has 5 atom stereocenters. The Kier molecular flexibility index (Phi) is 14.2. The normalized spacial score (nSPS) is 15.5. The summed E-state index contributed by atoms with van der Waals surface area (Å²) in [6.07, 6.45) is -1.14. The van der Waals surface area contributed by atoms with Gasteiger partial charge < -0.3 is 42.7 Å². The lowest BCUT2D eigenvalue weighted by Gasteiger charge is -2.26. The lowest BCUT2D eigenvalue weighted by atomic mass is 10.0. The number of aliphatic hydroxyl groups excluding tert-OH is 1. The molecule has 0 saturated carbocycles. The van der Waals surface area contributed by atoms with Crippen LogP contribution in [0, 0.1) is 0 Å². The van der Waals surface area contributed by atoms with Crippen molar-refractivity contribution in [1.82, 2.24) is 16.0 Å². The van der Waals surface area contributed by atoms with Crippen LogP contribution in [0.3, 0.4) is 0 Å². The number of rotatable bonds is 16. The van der Waals surface area contributed by atoms with Gasteiger partial charge in [-0.1, -0.05) is 0 Å². The molecule has 0 aromatic carbocycles. The van der Waals surface area contributed by atoms with Crippen molar-refractivity contribution in [3.05, 3.63) is 0 Å². The lowest BCUT2D eigenvalue weighted by Crippen LogP contribution is -2.60. The first-order valence-corrected chi connectivity index (χ1v) is 10.7. The summed E-state index contributed by atoms with van der Waals surface area (Å²) in [4.78, 5) is 59.4. The van der Waals surface area contributed by atoms with Gasteiger partial charge in [-0.15, -0.1) is 0 Å². The van der Waals surface area contributed by atoms with E-state index in [4.69, 9.17) is 16.6 Å². The summed E-state index contributed by atoms with van der Waals surface area (Å²) in [6.45, 7) is 1.58. The molecule has 0 bridgehead atoms. The molecule has 0 rings (SSSR count). The Morgan fingerprint density at radius 2 is 1.50 bits per heavy atom. The Morgan fingerprint density at radius 1 is 0.906 bits per heavy atom. The molecule has 0 fully saturated rings. The minimum Gasteiger partial charge on any atom is -0.481 e. The molecule has 3 amide bonds. The number of nitrogens with one attached hydrogen (secondary N) is 3. The first-order valence-electron chi connectivity index (χ1n) is 10.0. The van der Waals surface area contributed by atoms with E-state index in [9.17, 15) is 34.2 Å². The molecule has 14 heteroatoms. The van der Waals surface area contributed by atoms with Gasteiger partial charge in [0.05, 0.1) is 12.1 Å². The summed E-state index contributed by atoms with van der Waals surface area (Å²) in [6, 6.07) is -5.15. The van der Waals surface area contributed by atoms with Crippen LogP contribution in [0.15, 0.2) is 0 Å². The minimum atomic E-state index is -1.48. The summed E-state index contributed by atoms with van der Waals surface area (Å²) in [5.41, 5.74) is 11.0. The van der Waals surface area contributed by atoms with E-state index < -0.39 is 66.4 Å². The van der Waals surface area contributed by atoms with Gasteiger partial charge in [0, 0.05) is 12.2 Å². The largest absolute Gasteiger partial charge is 0.481 e. The number of unbranched alkanes of at least 4 members (excludes halogenated alkanes) is 1. The molecular weight excluding hydrogens is 446 g/mol. The molecule has 0 heterocycles. The van der Waals surface area contributed by atoms with Gasteiger partial charge in [0.1, 0.15) is 18.1 Å². The predicted molar refractivity (Wildman–Crippen MR) is 117 cm³/mol. The van der Waals surface area contributed by atoms with Crippen LogP contribution in [-0.4, -0.2) is 87.5 Å². The molecule has 184 valence electrons. The third-order valence-corrected chi connectivity index (χ3v) is 4.83. The van der Waals surface area contributed by atoms with Crippen molar-refractivity contribution in [2.24, 2.45) is 11.5 Å². The van der Waals surface area contributed by atoms with Crippen LogP contribution in [-0.2, 0) is 24.0 Å². The lowest BCUT2D eigenvalue weighted by molar-refractivity contribution is -0.143. The average Bonchev–Trinajstić information content (AvgIpc) is 2.72. The number of aliphatic carboxylic acids is 2. The monoisotopic (exact) mass is 479 g/mol. The van der Waals surface area contributed by atoms with Crippen molar-refractivity contribution in [3.8, 4) is 0 Å². The van der Waals surface area contributed by atoms with Crippen molar-refractivity contribution >= 4 is 42.3 Å². The summed E-state index contributed by atoms with van der Waals surface area (Å²) in [5, 5.41) is 34.8. The van der Waals surface area contributed by atoms with Crippen LogP contribution in [0.5, 0.6) is 0 Å². The Hall–Kier alpha value is -2.42. The second-order valence-electron chi connectivity index (χ2n) is 7.19. The smallest absolute Gasteiger partial charge is 0.326 e. The highest BCUT2D eigenvalue weighted by Crippen LogP contribution is 2.06. The standard InChI is InChI=1S/C18H33N5O8S/c1-9(24)14(23-15(27)10(20)8-32)17(29)21-11(4-2-3-7-19)16(28)22-12(18(30)31)5-6-13(25)26/h9-12,14,24,32H,2-8,19-20H2,1H3,(H,21,29)(H,22,28)(H,23,27)(H,25,26)(H,30,31). The maximum atomic E-state index is 12.7. The van der Waals surface area contributed by atoms with Gasteiger partial charge in [-0.05, 0) is 39.2 Å². The van der Waals surface area contributed by atoms with Gasteiger partial charge in [0.2, 0.25) is 17.7 Å². The predicted octanol–water partition coefficient (Wildman–Crippen LogP) is -2.84. The number of carbonyl (C=O) groups is 5. The van der Waals surface area contributed by atoms with Gasteiger partial charge >= 0.3 is 11.9 Å². The van der Waals surface area contributed by atoms with E-state index in [1.54, 1.807) is 0 Å². The summed E-state index contributed by atoms with van der Waals surface area (Å²) < 4.78 is 0. The van der Waals surface area contributed by atoms with Crippen molar-refractivity contribution in [2.45, 2.75) is 69.3 Å². The van der Waals surface area contributed by atoms with E-state index >= 15 is 0 Å². The Morgan fingerprint density at radius 3 is 1.97 bits per heavy atom. The summed E-state index contributed by atoms with van der Waals surface area (Å²) >= 11 is 3.89. The number of carboxylic acid groups (broad SMARTS) is 2. The fourth-order valence-corrected chi connectivity index (χ4v) is 2.73. The average molecular weight is 480 g/mol. The Bertz CT molecular complexity index is 663. The third kappa shape index (κ3) is 11.3. The van der Waals surface area contributed by atoms with E-state index in [1.165, 1.54) is 6.92 Å². The Balaban J connectivity index is 5.41. The number of amides is 3. The topological polar surface area (TPSA) is 234 Å². The van der Waals surface area contributed by atoms with Crippen molar-refractivity contribution in [2.75, 3.05) is 12.3 Å². The second kappa shape index (κ2) is 15.4. The fraction of sp³-hybridized carbons (Fsp3) is 0.722. The number of nitrogens with two attached hydrogens (primary N) is 2. The zero-order valence-electron chi connectivity index (χ0n) is 17.8. The van der Waals surface area contributed by atoms with Gasteiger partial charge in [-0.3, -0.25) is 19.2 Å². The zero-order chi connectivity index (χ0) is 24.8. The fourth-order valence-electron chi connectivity index (χ4n) is 2.57. The zero-order valence-corrected chi connectivity index (χ0v) is 18.7. The molecule has 0 aliphatic carbocycles. The highest BCUT2D eigenvalue weighted by Gasteiger charge is 2.32. The van der Waals surface area contributed by atoms with Crippen LogP contribution < -0.4 is 27.4 Å². The molecule has 0 spiro atoms. The van der Waals surface area contributed by atoms with Gasteiger partial charge in [0.25, 0.3) is 0 Å². The van der Waals surface area contributed by atoms with Crippen LogP contribution in [0.25, 0.3) is 0 Å². The number of carboxylic acids is 2. The maximum absolute atomic E-state index is 12.7. The van der Waals surface area contributed by atoms with E-state index in [0.717, 1.165) is 0 Å². The van der Waals surface area contributed by atoms with Gasteiger partial charge in [-0.25, -0.2) is 4.79 Å². The van der Waals surface area contributed by atoms with Crippen molar-refractivity contribution in [3.63, 3.8) is 0 Å². The third-order valence-electron chi connectivity index (χ3n) is 4.44. The molecule has 0 aromatic rings. The van der Waals surface area contributed by atoms with E-state index in [1.807, 2.05) is 0 Å². The molecule has 0 aromatic heterocycles. The first kappa shape index (κ1) is 29.6. The van der Waals surface area contributed by atoms with Crippen LogP contribution in [0.1, 0.15) is 39.0 Å². The van der Waals surface area contributed by atoms with E-state index in [0.29, 0.717) is 19.4 Å². The Labute approximate surface area is 191 Å². The number of thiol groups is 1. The minimum absolute atomic E-state index is 0.00296. The highest BCUT2D eigenvalue weighted by molar-refractivity contribution is 7.80. The molecular formula is C18H33N5O8S. The van der Waals surface area contributed by atoms with Gasteiger partial charge in [0.15, 0.2) is 0 Å². The van der Waals surface area contributed by atoms with E-state index in [-0.39, 0.29) is 18.6 Å². The molecule has 0 radical (unpaired) electrons. The molecule has 0 aliphatic rings. The maximum Gasteiger partial charge on any atom is 0.326 e. The van der Waals surface area contributed by atoms with Crippen LogP contribution in [0.4, 0.5) is 0 Å². The molecule has 0 aliphatic heterocycles. The van der Waals surface area contributed by atoms with Crippen LogP contribution in [0.2, 0.25) is 0 Å². The SMILES string of the molecule is CC(O)C(NC(=O)C(N)CS)C(=O)NC(CCCCN)C(=O)NC(CCC(=O)O)C(=O)O. The molecule has 32 heavy (non-hydrogen) atoms. The number of hydrogen-bond acceptors (Lipinski definition) is 9. The molecule has 0 saturated heterocycles. The summed E-state index contributed by atoms with van der Waals surface area (Å²) in [7, 11) is 0. The number of aliphatic hydroxyl groups is 1. The molecule has 13 nitrogen and oxygen atoms in total. The van der Waals surface area contributed by atoms with Crippen molar-refractivity contribution < 1.29 is 39.3 Å². The molecule has 5 unspecified atom stereocenters. The van der Waals surface area contributed by atoms with Crippen molar-refractivity contribution in [1.29, 1.82) is 0 Å². The quantitative estimate of drug-likeness (QED) is 0.0812. The number of hydrogen-bond donors (Lipinski definition) is 9. The number of carbonyl (C=O) groups excluding carboxylic acids is 3. The molecule has 10 N–H and O–H groups in total.